The topological polar surface area (TPSA) is 121 Å². The minimum absolute atomic E-state index is 0.117. The van der Waals surface area contributed by atoms with Crippen LogP contribution in [-0.2, 0) is 4.79 Å². The molecule has 7 rings (SSSR count). The minimum atomic E-state index is -4.94. The lowest BCUT2D eigenvalue weighted by atomic mass is 9.49. The molecule has 4 saturated carbocycles. The van der Waals surface area contributed by atoms with Crippen LogP contribution in [0.25, 0.3) is 0 Å². The van der Waals surface area contributed by atoms with Gasteiger partial charge in [-0.1, -0.05) is 54.6 Å². The lowest BCUT2D eigenvalue weighted by Crippen LogP contribution is -2.68. The Labute approximate surface area is 226 Å². The molecule has 4 aliphatic carbocycles. The summed E-state index contributed by atoms with van der Waals surface area (Å²) in [6.07, 6.45) is 8.10. The first-order chi connectivity index (χ1) is 18.2. The first-order valence-electron chi connectivity index (χ1n) is 13.1. The number of carbonyl (C=O) groups excluding carboxylic acids is 1. The summed E-state index contributed by atoms with van der Waals surface area (Å²) in [4.78, 5) is 13.9. The number of hydrogen-bond acceptors (Lipinski definition) is 5. The largest absolute Gasteiger partial charge is 0.322 e. The van der Waals surface area contributed by atoms with Crippen molar-refractivity contribution in [1.82, 2.24) is 5.32 Å². The van der Waals surface area contributed by atoms with Gasteiger partial charge in [-0.25, -0.2) is 18.6 Å². The third-order valence-corrected chi connectivity index (χ3v) is 12.8. The second-order valence-electron chi connectivity index (χ2n) is 11.1. The fourth-order valence-corrected chi connectivity index (χ4v) is 11.4. The summed E-state index contributed by atoms with van der Waals surface area (Å²) in [5.41, 5.74) is -0.117. The first kappa shape index (κ1) is 27.3. The quantitative estimate of drug-likeness (QED) is 0.446. The molecular formula is C30H33ClNO5P. The molecule has 1 amide bonds. The highest BCUT2D eigenvalue weighted by Crippen LogP contribution is 2.60. The first-order valence-corrected chi connectivity index (χ1v) is 16.3. The molecule has 0 heterocycles. The summed E-state index contributed by atoms with van der Waals surface area (Å²) in [7, 11) is -6.98. The van der Waals surface area contributed by atoms with E-state index in [1.807, 2.05) is 0 Å². The van der Waals surface area contributed by atoms with Crippen LogP contribution in [0.3, 0.4) is 0 Å². The number of halogens is 1. The second-order valence-corrected chi connectivity index (χ2v) is 15.3. The van der Waals surface area contributed by atoms with Gasteiger partial charge in [0.15, 0.2) is 0 Å². The van der Waals surface area contributed by atoms with Crippen LogP contribution in [0.2, 0.25) is 0 Å². The van der Waals surface area contributed by atoms with Crippen molar-refractivity contribution >= 4 is 29.1 Å². The fraction of sp³-hybridized carbons (Fsp3) is 0.367. The van der Waals surface area contributed by atoms with Gasteiger partial charge in [-0.3, -0.25) is 4.79 Å². The van der Waals surface area contributed by atoms with E-state index in [-0.39, 0.29) is 5.41 Å². The van der Waals surface area contributed by atoms with Crippen molar-refractivity contribution in [2.75, 3.05) is 6.29 Å². The van der Waals surface area contributed by atoms with Crippen molar-refractivity contribution < 1.29 is 33.7 Å². The molecule has 6 nitrogen and oxygen atoms in total. The third-order valence-electron chi connectivity index (χ3n) is 8.59. The molecule has 0 aromatic heterocycles. The maximum atomic E-state index is 13.9. The average Bonchev–Trinajstić information content (AvgIpc) is 2.89. The fourth-order valence-electron chi connectivity index (χ4n) is 7.54. The molecule has 38 heavy (non-hydrogen) atoms. The van der Waals surface area contributed by atoms with Crippen LogP contribution in [0.4, 0.5) is 0 Å². The highest BCUT2D eigenvalue weighted by Gasteiger charge is 2.55. The Hall–Kier alpha value is -2.31. The predicted octanol–water partition coefficient (Wildman–Crippen LogP) is 0.515. The maximum absolute atomic E-state index is 13.9. The zero-order chi connectivity index (χ0) is 26.8. The molecule has 1 N–H and O–H groups in total. The SMILES string of the molecule is O=C(NC[P+](c1ccccc1)(c1ccccc1)c1ccccc1)C12CC3CC(CC(C3)C1)C2.[O-][Cl+3]([O-])([O-])[O-]. The minimum Gasteiger partial charge on any atom is -0.322 e. The van der Waals surface area contributed by atoms with Crippen LogP contribution in [0.5, 0.6) is 0 Å². The molecule has 0 unspecified atom stereocenters. The van der Waals surface area contributed by atoms with E-state index >= 15 is 0 Å². The van der Waals surface area contributed by atoms with E-state index < -0.39 is 17.5 Å². The molecule has 200 valence electrons. The molecule has 4 fully saturated rings. The zero-order valence-corrected chi connectivity index (χ0v) is 22.9. The van der Waals surface area contributed by atoms with Gasteiger partial charge in [-0.15, -0.1) is 10.2 Å². The number of nitrogens with one attached hydrogen (secondary N) is 1. The number of carbonyl (C=O) groups is 1. The van der Waals surface area contributed by atoms with Crippen molar-refractivity contribution in [1.29, 1.82) is 0 Å². The summed E-state index contributed by atoms with van der Waals surface area (Å²) in [5, 5.41) is 7.57. The molecule has 3 aromatic carbocycles. The van der Waals surface area contributed by atoms with Crippen molar-refractivity contribution in [3.05, 3.63) is 91.0 Å². The van der Waals surface area contributed by atoms with Crippen molar-refractivity contribution in [3.8, 4) is 0 Å². The molecule has 0 radical (unpaired) electrons. The molecule has 4 aliphatic rings. The van der Waals surface area contributed by atoms with Gasteiger partial charge in [0.1, 0.15) is 29.5 Å². The van der Waals surface area contributed by atoms with Crippen LogP contribution >= 0.6 is 7.26 Å². The highest BCUT2D eigenvalue weighted by atomic mass is 35.7. The molecule has 3 aromatic rings. The molecule has 0 spiro atoms. The number of benzene rings is 3. The molecule has 8 heteroatoms. The van der Waals surface area contributed by atoms with Crippen molar-refractivity contribution in [2.45, 2.75) is 38.5 Å². The monoisotopic (exact) mass is 553 g/mol. The Morgan fingerprint density at radius 2 is 1.00 bits per heavy atom. The summed E-state index contributed by atoms with van der Waals surface area (Å²) < 4.78 is 34.0. The molecule has 4 bridgehead atoms. The summed E-state index contributed by atoms with van der Waals surface area (Å²) in [5.74, 6) is 2.66. The van der Waals surface area contributed by atoms with E-state index in [1.54, 1.807) is 0 Å². The van der Waals surface area contributed by atoms with Crippen molar-refractivity contribution in [3.63, 3.8) is 0 Å². The smallest absolute Gasteiger partial charge is 0.229 e. The summed E-state index contributed by atoms with van der Waals surface area (Å²) in [6, 6.07) is 32.6. The Morgan fingerprint density at radius 3 is 1.32 bits per heavy atom. The predicted molar refractivity (Wildman–Crippen MR) is 139 cm³/mol. The van der Waals surface area contributed by atoms with Crippen LogP contribution in [0, 0.1) is 33.4 Å². The number of amides is 1. The lowest BCUT2D eigenvalue weighted by molar-refractivity contribution is -2.00. The average molecular weight is 554 g/mol. The van der Waals surface area contributed by atoms with E-state index in [0.29, 0.717) is 12.2 Å². The van der Waals surface area contributed by atoms with Gasteiger partial charge in [-0.05, 0) is 92.7 Å². The van der Waals surface area contributed by atoms with E-state index in [4.69, 9.17) is 18.6 Å². The van der Waals surface area contributed by atoms with Gasteiger partial charge in [0.25, 0.3) is 0 Å². The third kappa shape index (κ3) is 5.81. The Kier molecular flexibility index (Phi) is 7.93. The molecule has 0 aliphatic heterocycles. The van der Waals surface area contributed by atoms with Gasteiger partial charge in [0, 0.05) is 0 Å². The van der Waals surface area contributed by atoms with Crippen molar-refractivity contribution in [2.24, 2.45) is 23.2 Å². The van der Waals surface area contributed by atoms with Gasteiger partial charge < -0.3 is 5.32 Å². The second kappa shape index (κ2) is 11.1. The zero-order valence-electron chi connectivity index (χ0n) is 21.2. The number of hydrogen-bond donors (Lipinski definition) is 1. The standard InChI is InChI=1S/C30H32NOP.ClHO4/c32-29(30-19-23-16-24(20-30)18-25(17-23)21-30)31-22-33(26-10-4-1-5-11-26,27-12-6-2-7-13-27)28-14-8-3-9-15-28;2-1(3,4)5/h1-15,23-25H,16-22H2;(H,2,3,4,5). The summed E-state index contributed by atoms with van der Waals surface area (Å²) >= 11 is 0. The van der Waals surface area contributed by atoms with Gasteiger partial charge >= 0.3 is 0 Å². The van der Waals surface area contributed by atoms with Crippen LogP contribution in [0.15, 0.2) is 91.0 Å². The normalized spacial score (nSPS) is 25.8. The van der Waals surface area contributed by atoms with E-state index in [1.165, 1.54) is 35.2 Å². The lowest BCUT2D eigenvalue weighted by Gasteiger charge is -2.55. The Balaban J connectivity index is 0.000000540. The highest BCUT2D eigenvalue weighted by molar-refractivity contribution is 7.95. The number of rotatable bonds is 6. The molecule has 0 atom stereocenters. The van der Waals surface area contributed by atoms with Crippen LogP contribution in [0.1, 0.15) is 38.5 Å². The van der Waals surface area contributed by atoms with Crippen LogP contribution in [-0.4, -0.2) is 12.2 Å². The molecule has 0 saturated heterocycles. The van der Waals surface area contributed by atoms with E-state index in [2.05, 4.69) is 96.3 Å². The van der Waals surface area contributed by atoms with E-state index in [9.17, 15) is 4.79 Å². The van der Waals surface area contributed by atoms with Crippen LogP contribution < -0.4 is 39.9 Å². The van der Waals surface area contributed by atoms with E-state index in [0.717, 1.165) is 37.0 Å². The van der Waals surface area contributed by atoms with Gasteiger partial charge in [-0.2, -0.15) is 0 Å². The Morgan fingerprint density at radius 1 is 0.684 bits per heavy atom. The maximum Gasteiger partial charge on any atom is 0.229 e. The summed E-state index contributed by atoms with van der Waals surface area (Å²) in [6.45, 7) is 0. The Bertz CT molecular complexity index is 1080. The van der Waals surface area contributed by atoms with Gasteiger partial charge in [0.2, 0.25) is 5.91 Å². The molecular weight excluding hydrogens is 521 g/mol. The van der Waals surface area contributed by atoms with Gasteiger partial charge in [0.05, 0.1) is 5.41 Å².